The summed E-state index contributed by atoms with van der Waals surface area (Å²) in [5.74, 6) is -1.10. The molecule has 0 aliphatic rings. The summed E-state index contributed by atoms with van der Waals surface area (Å²) in [7, 11) is 0. The van der Waals surface area contributed by atoms with Gasteiger partial charge in [-0.05, 0) is 52.3 Å². The van der Waals surface area contributed by atoms with E-state index in [0.717, 1.165) is 0 Å². The smallest absolute Gasteiger partial charge is 0.258 e. The Morgan fingerprint density at radius 3 is 2.58 bits per heavy atom. The van der Waals surface area contributed by atoms with Crippen molar-refractivity contribution >= 4 is 55.1 Å². The Morgan fingerprint density at radius 2 is 1.89 bits per heavy atom. The molecule has 0 spiro atoms. The van der Waals surface area contributed by atoms with Gasteiger partial charge in [-0.15, -0.1) is 0 Å². The van der Waals surface area contributed by atoms with Crippen LogP contribution in [-0.2, 0) is 0 Å². The third kappa shape index (κ3) is 3.55. The first-order valence-corrected chi connectivity index (χ1v) is 7.15. The number of carbonyl (C=O) groups excluding carboxylic acids is 1. The molecule has 6 heteroatoms. The second-order valence-electron chi connectivity index (χ2n) is 3.70. The van der Waals surface area contributed by atoms with Crippen molar-refractivity contribution < 1.29 is 9.18 Å². The largest absolute Gasteiger partial charge is 0.321 e. The fourth-order valence-corrected chi connectivity index (χ4v) is 2.59. The highest BCUT2D eigenvalue weighted by Gasteiger charge is 2.13. The van der Waals surface area contributed by atoms with Gasteiger partial charge >= 0.3 is 0 Å². The molecule has 0 saturated carbocycles. The fourth-order valence-electron chi connectivity index (χ4n) is 1.45. The minimum atomic E-state index is -0.578. The monoisotopic (exact) mass is 405 g/mol. The number of amides is 1. The Labute approximate surface area is 131 Å². The van der Waals surface area contributed by atoms with Crippen molar-refractivity contribution in [3.8, 4) is 0 Å². The molecule has 1 amide bonds. The first-order valence-electron chi connectivity index (χ1n) is 5.19. The van der Waals surface area contributed by atoms with Gasteiger partial charge in [0, 0.05) is 14.0 Å². The van der Waals surface area contributed by atoms with Gasteiger partial charge in [-0.25, -0.2) is 4.39 Å². The lowest BCUT2D eigenvalue weighted by Gasteiger charge is -2.08. The van der Waals surface area contributed by atoms with E-state index in [1.165, 1.54) is 18.2 Å². The second-order valence-corrected chi connectivity index (χ2v) is 5.91. The lowest BCUT2D eigenvalue weighted by molar-refractivity contribution is 0.102. The van der Waals surface area contributed by atoms with Crippen LogP contribution in [0.1, 0.15) is 10.4 Å². The van der Waals surface area contributed by atoms with E-state index in [4.69, 9.17) is 11.6 Å². The quantitative estimate of drug-likeness (QED) is 0.723. The molecule has 0 aliphatic carbocycles. The summed E-state index contributed by atoms with van der Waals surface area (Å²) in [5, 5.41) is 3.16. The summed E-state index contributed by atoms with van der Waals surface area (Å²) in [6.45, 7) is 0. The molecule has 1 N–H and O–H groups in total. The van der Waals surface area contributed by atoms with Crippen molar-refractivity contribution in [2.75, 3.05) is 5.32 Å². The summed E-state index contributed by atoms with van der Waals surface area (Å²) in [6.07, 6.45) is 0. The molecule has 2 nitrogen and oxygen atoms in total. The first kappa shape index (κ1) is 14.5. The summed E-state index contributed by atoms with van der Waals surface area (Å²) in [6, 6.07) is 9.11. The number of halogens is 4. The van der Waals surface area contributed by atoms with Gasteiger partial charge in [0.05, 0.1) is 11.3 Å². The van der Waals surface area contributed by atoms with E-state index < -0.39 is 11.7 Å². The highest BCUT2D eigenvalue weighted by Crippen LogP contribution is 2.26. The molecule has 0 atom stereocenters. The van der Waals surface area contributed by atoms with E-state index in [0.29, 0.717) is 19.7 Å². The van der Waals surface area contributed by atoms with Crippen molar-refractivity contribution in [3.05, 3.63) is 61.7 Å². The van der Waals surface area contributed by atoms with Crippen LogP contribution in [0.25, 0.3) is 0 Å². The number of anilines is 1. The van der Waals surface area contributed by atoms with Crippen LogP contribution < -0.4 is 5.32 Å². The van der Waals surface area contributed by atoms with Crippen LogP contribution in [0.3, 0.4) is 0 Å². The summed E-state index contributed by atoms with van der Waals surface area (Å²) in [4.78, 5) is 12.0. The van der Waals surface area contributed by atoms with Gasteiger partial charge in [-0.2, -0.15) is 0 Å². The van der Waals surface area contributed by atoms with Gasteiger partial charge in [0.25, 0.3) is 5.91 Å². The molecule has 0 aliphatic heterocycles. The SMILES string of the molecule is O=C(Nc1ccc(Cl)cc1Br)c1cc(Br)ccc1F. The van der Waals surface area contributed by atoms with Crippen LogP contribution in [0, 0.1) is 5.82 Å². The first-order chi connectivity index (χ1) is 8.97. The maximum atomic E-state index is 13.6. The molecule has 0 bridgehead atoms. The predicted octanol–water partition coefficient (Wildman–Crippen LogP) is 5.26. The summed E-state index contributed by atoms with van der Waals surface area (Å²) >= 11 is 12.3. The summed E-state index contributed by atoms with van der Waals surface area (Å²) in [5.41, 5.74) is 0.491. The minimum Gasteiger partial charge on any atom is -0.321 e. The normalized spacial score (nSPS) is 10.3. The third-order valence-corrected chi connectivity index (χ3v) is 3.74. The molecule has 2 aromatic rings. The second kappa shape index (κ2) is 6.03. The lowest BCUT2D eigenvalue weighted by atomic mass is 10.2. The minimum absolute atomic E-state index is 0.0313. The number of rotatable bonds is 2. The number of hydrogen-bond donors (Lipinski definition) is 1. The van der Waals surface area contributed by atoms with Crippen molar-refractivity contribution in [1.29, 1.82) is 0 Å². The molecule has 19 heavy (non-hydrogen) atoms. The van der Waals surface area contributed by atoms with Crippen LogP contribution in [0.15, 0.2) is 45.3 Å². The number of nitrogens with one attached hydrogen (secondary N) is 1. The average molecular weight is 407 g/mol. The molecular formula is C13H7Br2ClFNO. The van der Waals surface area contributed by atoms with E-state index in [-0.39, 0.29) is 5.56 Å². The molecule has 0 unspecified atom stereocenters. The van der Waals surface area contributed by atoms with Gasteiger partial charge in [0.2, 0.25) is 0 Å². The van der Waals surface area contributed by atoms with Crippen molar-refractivity contribution in [2.45, 2.75) is 0 Å². The molecule has 0 heterocycles. The van der Waals surface area contributed by atoms with Crippen molar-refractivity contribution in [1.82, 2.24) is 0 Å². The maximum Gasteiger partial charge on any atom is 0.258 e. The lowest BCUT2D eigenvalue weighted by Crippen LogP contribution is -2.14. The standard InChI is InChI=1S/C13H7Br2ClFNO/c14-7-1-3-11(17)9(5-7)13(19)18-12-4-2-8(16)6-10(12)15/h1-6H,(H,18,19). The van der Waals surface area contributed by atoms with Gasteiger partial charge in [0.1, 0.15) is 5.82 Å². The third-order valence-electron chi connectivity index (χ3n) is 2.35. The molecule has 98 valence electrons. The van der Waals surface area contributed by atoms with Gasteiger partial charge < -0.3 is 5.32 Å². The van der Waals surface area contributed by atoms with E-state index >= 15 is 0 Å². The Morgan fingerprint density at radius 1 is 1.16 bits per heavy atom. The van der Waals surface area contributed by atoms with Gasteiger partial charge in [0.15, 0.2) is 0 Å². The predicted molar refractivity (Wildman–Crippen MR) is 81.2 cm³/mol. The number of benzene rings is 2. The van der Waals surface area contributed by atoms with Crippen LogP contribution >= 0.6 is 43.5 Å². The zero-order chi connectivity index (χ0) is 14.0. The van der Waals surface area contributed by atoms with Gasteiger partial charge in [-0.3, -0.25) is 4.79 Å². The zero-order valence-corrected chi connectivity index (χ0v) is 13.3. The fraction of sp³-hybridized carbons (Fsp3) is 0. The highest BCUT2D eigenvalue weighted by molar-refractivity contribution is 9.10. The Kier molecular flexibility index (Phi) is 4.60. The molecule has 2 rings (SSSR count). The van der Waals surface area contributed by atoms with Gasteiger partial charge in [-0.1, -0.05) is 27.5 Å². The summed E-state index contributed by atoms with van der Waals surface area (Å²) < 4.78 is 14.8. The van der Waals surface area contributed by atoms with Crippen LogP contribution in [0.2, 0.25) is 5.02 Å². The molecule has 0 saturated heterocycles. The topological polar surface area (TPSA) is 29.1 Å². The van der Waals surface area contributed by atoms with E-state index in [2.05, 4.69) is 37.2 Å². The Bertz CT molecular complexity index is 649. The van der Waals surface area contributed by atoms with E-state index in [1.54, 1.807) is 18.2 Å². The molecule has 0 radical (unpaired) electrons. The zero-order valence-electron chi connectivity index (χ0n) is 9.38. The molecule has 2 aromatic carbocycles. The molecular weight excluding hydrogens is 400 g/mol. The number of hydrogen-bond acceptors (Lipinski definition) is 1. The maximum absolute atomic E-state index is 13.6. The Hall–Kier alpha value is -0.910. The highest BCUT2D eigenvalue weighted by atomic mass is 79.9. The number of carbonyl (C=O) groups is 1. The van der Waals surface area contributed by atoms with Crippen LogP contribution in [-0.4, -0.2) is 5.91 Å². The average Bonchev–Trinajstić information content (AvgIpc) is 2.35. The molecule has 0 fully saturated rings. The molecule has 0 aromatic heterocycles. The van der Waals surface area contributed by atoms with E-state index in [1.807, 2.05) is 0 Å². The van der Waals surface area contributed by atoms with Crippen LogP contribution in [0.5, 0.6) is 0 Å². The van der Waals surface area contributed by atoms with Crippen LogP contribution in [0.4, 0.5) is 10.1 Å². The Balaban J connectivity index is 2.28. The van der Waals surface area contributed by atoms with Crippen molar-refractivity contribution in [2.24, 2.45) is 0 Å². The van der Waals surface area contributed by atoms with Crippen molar-refractivity contribution in [3.63, 3.8) is 0 Å². The van der Waals surface area contributed by atoms with E-state index in [9.17, 15) is 9.18 Å².